The summed E-state index contributed by atoms with van der Waals surface area (Å²) in [4.78, 5) is 25.3. The number of hydrogen-bond acceptors (Lipinski definition) is 4. The van der Waals surface area contributed by atoms with Crippen molar-refractivity contribution in [3.63, 3.8) is 0 Å². The number of nitrogens with two attached hydrogens (primary N) is 1. The van der Waals surface area contributed by atoms with E-state index in [2.05, 4.69) is 0 Å². The number of esters is 1. The van der Waals surface area contributed by atoms with Crippen molar-refractivity contribution in [2.45, 2.75) is 63.1 Å². The second kappa shape index (κ2) is 7.93. The smallest absolute Gasteiger partial charge is 0.426 e. The first-order valence-electron chi connectivity index (χ1n) is 10.1. The first-order chi connectivity index (χ1) is 14.7. The van der Waals surface area contributed by atoms with Gasteiger partial charge in [0.25, 0.3) is 5.60 Å². The normalized spacial score (nSPS) is 25.8. The summed E-state index contributed by atoms with van der Waals surface area (Å²) in [7, 11) is 0. The number of benzene rings is 1. The van der Waals surface area contributed by atoms with E-state index in [4.69, 9.17) is 10.5 Å². The van der Waals surface area contributed by atoms with Gasteiger partial charge in [-0.25, -0.2) is 0 Å². The number of hydrogen-bond donors (Lipinski definition) is 2. The summed E-state index contributed by atoms with van der Waals surface area (Å²) in [6, 6.07) is 8.63. The molecule has 3 N–H and O–H groups in total. The molecule has 0 bridgehead atoms. The lowest BCUT2D eigenvalue weighted by atomic mass is 9.58. The van der Waals surface area contributed by atoms with Crippen LogP contribution >= 0.6 is 0 Å². The summed E-state index contributed by atoms with van der Waals surface area (Å²) in [5.41, 5.74) is -1.70. The molecule has 32 heavy (non-hydrogen) atoms. The number of carbonyl (C=O) groups is 2. The Labute approximate surface area is 179 Å². The van der Waals surface area contributed by atoms with E-state index in [-0.39, 0.29) is 19.4 Å². The number of halogens is 6. The number of amides is 1. The molecule has 11 heteroatoms. The van der Waals surface area contributed by atoms with E-state index in [0.717, 1.165) is 0 Å². The number of rotatable bonds is 6. The molecular formula is C21H23F6NO4. The van der Waals surface area contributed by atoms with E-state index in [1.165, 1.54) is 0 Å². The van der Waals surface area contributed by atoms with Crippen molar-refractivity contribution in [1.29, 1.82) is 0 Å². The van der Waals surface area contributed by atoms with Gasteiger partial charge in [-0.1, -0.05) is 30.3 Å². The largest absolute Gasteiger partial charge is 0.460 e. The van der Waals surface area contributed by atoms with Crippen molar-refractivity contribution >= 4 is 11.9 Å². The molecule has 2 fully saturated rings. The summed E-state index contributed by atoms with van der Waals surface area (Å²) >= 11 is 0. The first-order valence-corrected chi connectivity index (χ1v) is 10.1. The Balaban J connectivity index is 1.80. The Morgan fingerprint density at radius 3 is 1.84 bits per heavy atom. The van der Waals surface area contributed by atoms with Crippen molar-refractivity contribution in [1.82, 2.24) is 0 Å². The minimum absolute atomic E-state index is 0.0964. The predicted molar refractivity (Wildman–Crippen MR) is 98.6 cm³/mol. The fourth-order valence-corrected chi connectivity index (χ4v) is 4.98. The molecule has 5 nitrogen and oxygen atoms in total. The van der Waals surface area contributed by atoms with Crippen LogP contribution in [0.4, 0.5) is 26.3 Å². The molecule has 3 rings (SSSR count). The molecule has 0 aromatic heterocycles. The summed E-state index contributed by atoms with van der Waals surface area (Å²) < 4.78 is 84.7. The van der Waals surface area contributed by atoms with Gasteiger partial charge in [-0.15, -0.1) is 0 Å². The van der Waals surface area contributed by atoms with Crippen molar-refractivity contribution in [2.75, 3.05) is 0 Å². The minimum Gasteiger partial charge on any atom is -0.460 e. The number of primary amides is 1. The highest BCUT2D eigenvalue weighted by Crippen LogP contribution is 2.66. The van der Waals surface area contributed by atoms with Crippen molar-refractivity contribution in [2.24, 2.45) is 22.5 Å². The summed E-state index contributed by atoms with van der Waals surface area (Å²) in [5, 5.41) is 9.70. The van der Waals surface area contributed by atoms with Crippen LogP contribution in [-0.4, -0.2) is 34.9 Å². The summed E-state index contributed by atoms with van der Waals surface area (Å²) in [6.45, 7) is -0.0964. The zero-order valence-electron chi connectivity index (χ0n) is 16.9. The Morgan fingerprint density at radius 2 is 1.44 bits per heavy atom. The maximum atomic E-state index is 13.2. The lowest BCUT2D eigenvalue weighted by Crippen LogP contribution is -2.63. The molecule has 2 aliphatic carbocycles. The van der Waals surface area contributed by atoms with E-state index < -0.39 is 72.3 Å². The van der Waals surface area contributed by atoms with Gasteiger partial charge >= 0.3 is 18.3 Å². The average Bonchev–Trinajstić information content (AvgIpc) is 3.53. The fraction of sp³-hybridized carbons (Fsp3) is 0.619. The molecule has 0 radical (unpaired) electrons. The van der Waals surface area contributed by atoms with Crippen LogP contribution < -0.4 is 5.73 Å². The molecule has 1 amide bonds. The zero-order valence-corrected chi connectivity index (χ0v) is 16.9. The lowest BCUT2D eigenvalue weighted by molar-refractivity contribution is -0.388. The molecule has 0 saturated heterocycles. The monoisotopic (exact) mass is 467 g/mol. The van der Waals surface area contributed by atoms with Gasteiger partial charge in [0.1, 0.15) is 6.61 Å². The Morgan fingerprint density at radius 1 is 0.938 bits per heavy atom. The topological polar surface area (TPSA) is 89.6 Å². The molecule has 178 valence electrons. The van der Waals surface area contributed by atoms with Crippen LogP contribution in [0.2, 0.25) is 0 Å². The number of alkyl halides is 6. The number of aliphatic hydroxyl groups is 1. The van der Waals surface area contributed by atoms with E-state index in [1.54, 1.807) is 30.3 Å². The third-order valence-corrected chi connectivity index (χ3v) is 7.04. The van der Waals surface area contributed by atoms with Crippen LogP contribution in [0.3, 0.4) is 0 Å². The minimum atomic E-state index is -5.95. The molecule has 2 aliphatic rings. The van der Waals surface area contributed by atoms with Crippen molar-refractivity contribution < 1.29 is 45.8 Å². The summed E-state index contributed by atoms with van der Waals surface area (Å²) in [6.07, 6.45) is -14.0. The second-order valence-electron chi connectivity index (χ2n) is 8.63. The van der Waals surface area contributed by atoms with E-state index >= 15 is 0 Å². The van der Waals surface area contributed by atoms with Crippen LogP contribution in [0.15, 0.2) is 30.3 Å². The van der Waals surface area contributed by atoms with Gasteiger partial charge in [0.05, 0.1) is 10.8 Å². The van der Waals surface area contributed by atoms with Crippen molar-refractivity contribution in [3.05, 3.63) is 35.9 Å². The molecule has 0 unspecified atom stereocenters. The van der Waals surface area contributed by atoms with Gasteiger partial charge in [-0.3, -0.25) is 9.59 Å². The average molecular weight is 467 g/mol. The van der Waals surface area contributed by atoms with E-state index in [0.29, 0.717) is 5.56 Å². The van der Waals surface area contributed by atoms with Gasteiger partial charge < -0.3 is 15.6 Å². The number of carbonyl (C=O) groups excluding carboxylic acids is 2. The molecular weight excluding hydrogens is 444 g/mol. The van der Waals surface area contributed by atoms with Crippen molar-refractivity contribution in [3.8, 4) is 0 Å². The second-order valence-corrected chi connectivity index (χ2v) is 8.63. The standard InChI is InChI=1S/C21H23F6NO4/c22-20(23,24)19(31,21(25,26)27)14-6-8-17(9-7-14,15(28)29)18(10-11-18)16(30)32-12-13-4-2-1-3-5-13/h1-5,14,31H,6-12H2,(H2,28,29). The van der Waals surface area contributed by atoms with Crippen LogP contribution in [0.25, 0.3) is 0 Å². The molecule has 2 saturated carbocycles. The maximum absolute atomic E-state index is 13.2. The van der Waals surface area contributed by atoms with E-state index in [1.807, 2.05) is 0 Å². The van der Waals surface area contributed by atoms with Crippen LogP contribution in [0, 0.1) is 16.7 Å². The fourth-order valence-electron chi connectivity index (χ4n) is 4.98. The Kier molecular flexibility index (Phi) is 6.03. The van der Waals surface area contributed by atoms with Gasteiger partial charge in [0, 0.05) is 5.92 Å². The molecule has 1 aromatic rings. The molecule has 0 aliphatic heterocycles. The lowest BCUT2D eigenvalue weighted by Gasteiger charge is -2.47. The van der Waals surface area contributed by atoms with E-state index in [9.17, 15) is 41.0 Å². The molecule has 0 spiro atoms. The molecule has 0 atom stereocenters. The quantitative estimate of drug-likeness (QED) is 0.489. The third kappa shape index (κ3) is 3.74. The molecule has 1 aromatic carbocycles. The molecule has 0 heterocycles. The number of ether oxygens (including phenoxy) is 1. The van der Waals surface area contributed by atoms with Crippen LogP contribution in [0.1, 0.15) is 44.1 Å². The third-order valence-electron chi connectivity index (χ3n) is 7.04. The maximum Gasteiger partial charge on any atom is 0.426 e. The highest BCUT2D eigenvalue weighted by Gasteiger charge is 2.76. The van der Waals surface area contributed by atoms with Gasteiger partial charge in [0.2, 0.25) is 5.91 Å². The predicted octanol–water partition coefficient (Wildman–Crippen LogP) is 4.03. The van der Waals surface area contributed by atoms with Crippen LogP contribution in [-0.2, 0) is 20.9 Å². The highest BCUT2D eigenvalue weighted by molar-refractivity contribution is 5.92. The SMILES string of the molecule is NC(=O)C1(C2(C(=O)OCc3ccccc3)CC2)CCC(C(O)(C(F)(F)F)C(F)(F)F)CC1. The first kappa shape index (κ1) is 24.3. The Hall–Kier alpha value is -2.30. The van der Waals surface area contributed by atoms with Gasteiger partial charge in [-0.2, -0.15) is 26.3 Å². The zero-order chi connectivity index (χ0) is 24.0. The van der Waals surface area contributed by atoms with Crippen LogP contribution in [0.5, 0.6) is 0 Å². The van der Waals surface area contributed by atoms with Gasteiger partial charge in [0.15, 0.2) is 0 Å². The Bertz CT molecular complexity index is 841. The highest BCUT2D eigenvalue weighted by atomic mass is 19.4. The van der Waals surface area contributed by atoms with Gasteiger partial charge in [-0.05, 0) is 44.1 Å². The summed E-state index contributed by atoms with van der Waals surface area (Å²) in [5.74, 6) is -3.93.